The van der Waals surface area contributed by atoms with E-state index < -0.39 is 5.91 Å². The Morgan fingerprint density at radius 2 is 2.20 bits per heavy atom. The van der Waals surface area contributed by atoms with Gasteiger partial charge < -0.3 is 15.8 Å². The number of carbonyl (C=O) groups excluding carboxylic acids is 1. The van der Waals surface area contributed by atoms with Gasteiger partial charge in [-0.15, -0.1) is 0 Å². The Labute approximate surface area is 128 Å². The first-order chi connectivity index (χ1) is 9.47. The maximum absolute atomic E-state index is 11.0. The van der Waals surface area contributed by atoms with Gasteiger partial charge in [-0.3, -0.25) is 4.79 Å². The van der Waals surface area contributed by atoms with Crippen LogP contribution in [0.2, 0.25) is 10.0 Å². The Morgan fingerprint density at radius 3 is 2.80 bits per heavy atom. The van der Waals surface area contributed by atoms with E-state index in [2.05, 4.69) is 5.32 Å². The van der Waals surface area contributed by atoms with Gasteiger partial charge in [-0.2, -0.15) is 0 Å². The molecule has 1 aromatic rings. The third-order valence-corrected chi connectivity index (χ3v) is 3.71. The lowest BCUT2D eigenvalue weighted by molar-refractivity contribution is -0.122. The monoisotopic (exact) mass is 316 g/mol. The highest BCUT2D eigenvalue weighted by Gasteiger charge is 2.21. The first-order valence-electron chi connectivity index (χ1n) is 6.60. The van der Waals surface area contributed by atoms with Crippen molar-refractivity contribution in [1.29, 1.82) is 0 Å². The molecule has 0 spiro atoms. The smallest absolute Gasteiger partial charge is 0.223 e. The molecule has 0 bridgehead atoms. The van der Waals surface area contributed by atoms with Crippen molar-refractivity contribution < 1.29 is 9.53 Å². The van der Waals surface area contributed by atoms with Crippen LogP contribution >= 0.6 is 23.2 Å². The van der Waals surface area contributed by atoms with Gasteiger partial charge in [-0.1, -0.05) is 30.1 Å². The maximum Gasteiger partial charge on any atom is 0.223 e. The van der Waals surface area contributed by atoms with Gasteiger partial charge in [-0.05, 0) is 25.0 Å². The zero-order chi connectivity index (χ0) is 14.7. The SMILES string of the molecule is CC(COc1c(Cl)cc(Cl)cc1CNC1CC1)C(N)=O. The van der Waals surface area contributed by atoms with Crippen LogP contribution in [0.1, 0.15) is 25.3 Å². The lowest BCUT2D eigenvalue weighted by Gasteiger charge is -2.16. The molecule has 0 radical (unpaired) electrons. The summed E-state index contributed by atoms with van der Waals surface area (Å²) in [5, 5.41) is 4.40. The van der Waals surface area contributed by atoms with Crippen LogP contribution in [0.15, 0.2) is 12.1 Å². The van der Waals surface area contributed by atoms with Crippen molar-refractivity contribution in [2.45, 2.75) is 32.4 Å². The highest BCUT2D eigenvalue weighted by molar-refractivity contribution is 6.35. The van der Waals surface area contributed by atoms with E-state index in [-0.39, 0.29) is 12.5 Å². The molecule has 4 nitrogen and oxygen atoms in total. The molecule has 0 aromatic heterocycles. The second-order valence-electron chi connectivity index (χ2n) is 5.15. The predicted molar refractivity (Wildman–Crippen MR) is 80.2 cm³/mol. The third-order valence-electron chi connectivity index (χ3n) is 3.21. The number of halogens is 2. The molecular formula is C14H18Cl2N2O2. The second-order valence-corrected chi connectivity index (χ2v) is 5.99. The minimum Gasteiger partial charge on any atom is -0.491 e. The van der Waals surface area contributed by atoms with Crippen LogP contribution in [0.25, 0.3) is 0 Å². The molecule has 0 saturated heterocycles. The number of nitrogens with two attached hydrogens (primary N) is 1. The van der Waals surface area contributed by atoms with E-state index in [0.29, 0.717) is 28.4 Å². The molecule has 6 heteroatoms. The van der Waals surface area contributed by atoms with E-state index in [1.54, 1.807) is 13.0 Å². The lowest BCUT2D eigenvalue weighted by atomic mass is 10.1. The number of ether oxygens (including phenoxy) is 1. The molecule has 1 amide bonds. The number of carbonyl (C=O) groups is 1. The molecule has 110 valence electrons. The average molecular weight is 317 g/mol. The quantitative estimate of drug-likeness (QED) is 0.813. The Kier molecular flexibility index (Phi) is 5.13. The topological polar surface area (TPSA) is 64.3 Å². The molecule has 1 unspecified atom stereocenters. The van der Waals surface area contributed by atoms with Crippen LogP contribution in [0.3, 0.4) is 0 Å². The van der Waals surface area contributed by atoms with Gasteiger partial charge in [0.15, 0.2) is 0 Å². The van der Waals surface area contributed by atoms with Crippen molar-refractivity contribution in [3.05, 3.63) is 27.7 Å². The molecule has 0 aliphatic heterocycles. The molecule has 20 heavy (non-hydrogen) atoms. The van der Waals surface area contributed by atoms with Crippen molar-refractivity contribution >= 4 is 29.1 Å². The van der Waals surface area contributed by atoms with Crippen molar-refractivity contribution in [1.82, 2.24) is 5.32 Å². The Balaban J connectivity index is 2.09. The predicted octanol–water partition coefficient (Wildman–Crippen LogP) is 2.75. The second kappa shape index (κ2) is 6.66. The molecule has 1 aromatic carbocycles. The van der Waals surface area contributed by atoms with Crippen LogP contribution in [-0.2, 0) is 11.3 Å². The van der Waals surface area contributed by atoms with Crippen molar-refractivity contribution in [3.63, 3.8) is 0 Å². The summed E-state index contributed by atoms with van der Waals surface area (Å²) in [6.07, 6.45) is 2.40. The van der Waals surface area contributed by atoms with E-state index in [4.69, 9.17) is 33.7 Å². The normalized spacial score (nSPS) is 15.9. The molecule has 1 aliphatic carbocycles. The number of hydrogen-bond donors (Lipinski definition) is 2. The summed E-state index contributed by atoms with van der Waals surface area (Å²) in [7, 11) is 0. The first-order valence-corrected chi connectivity index (χ1v) is 7.36. The van der Waals surface area contributed by atoms with Gasteiger partial charge in [0.05, 0.1) is 17.5 Å². The zero-order valence-electron chi connectivity index (χ0n) is 11.3. The standard InChI is InChI=1S/C14H18Cl2N2O2/c1-8(14(17)19)7-20-13-9(6-18-11-2-3-11)4-10(15)5-12(13)16/h4-5,8,11,18H,2-3,6-7H2,1H3,(H2,17,19). The van der Waals surface area contributed by atoms with Crippen LogP contribution < -0.4 is 15.8 Å². The number of nitrogens with one attached hydrogen (secondary N) is 1. The highest BCUT2D eigenvalue weighted by atomic mass is 35.5. The summed E-state index contributed by atoms with van der Waals surface area (Å²) in [6.45, 7) is 2.56. The Morgan fingerprint density at radius 1 is 1.50 bits per heavy atom. The summed E-state index contributed by atoms with van der Waals surface area (Å²) >= 11 is 12.2. The number of hydrogen-bond acceptors (Lipinski definition) is 3. The summed E-state index contributed by atoms with van der Waals surface area (Å²) in [5.41, 5.74) is 6.12. The van der Waals surface area contributed by atoms with Crippen LogP contribution in [0.4, 0.5) is 0 Å². The van der Waals surface area contributed by atoms with Gasteiger partial charge in [0.25, 0.3) is 0 Å². The van der Waals surface area contributed by atoms with Gasteiger partial charge in [0.1, 0.15) is 5.75 Å². The van der Waals surface area contributed by atoms with E-state index in [9.17, 15) is 4.79 Å². The molecule has 1 aliphatic rings. The summed E-state index contributed by atoms with van der Waals surface area (Å²) in [4.78, 5) is 11.0. The van der Waals surface area contributed by atoms with Gasteiger partial charge in [0.2, 0.25) is 5.91 Å². The van der Waals surface area contributed by atoms with Crippen molar-refractivity contribution in [2.75, 3.05) is 6.61 Å². The minimum absolute atomic E-state index is 0.202. The molecule has 1 saturated carbocycles. The first kappa shape index (κ1) is 15.4. The molecule has 3 N–H and O–H groups in total. The highest BCUT2D eigenvalue weighted by Crippen LogP contribution is 2.33. The largest absolute Gasteiger partial charge is 0.491 e. The van der Waals surface area contributed by atoms with E-state index in [1.165, 1.54) is 12.8 Å². The molecule has 2 rings (SSSR count). The van der Waals surface area contributed by atoms with E-state index in [1.807, 2.05) is 6.07 Å². The average Bonchev–Trinajstić information content (AvgIpc) is 3.18. The zero-order valence-corrected chi connectivity index (χ0v) is 12.8. The number of primary amides is 1. The van der Waals surface area contributed by atoms with Crippen LogP contribution in [0.5, 0.6) is 5.75 Å². The van der Waals surface area contributed by atoms with Crippen LogP contribution in [-0.4, -0.2) is 18.6 Å². The minimum atomic E-state index is -0.396. The molecule has 0 heterocycles. The number of amides is 1. The van der Waals surface area contributed by atoms with Crippen molar-refractivity contribution in [2.24, 2.45) is 11.7 Å². The Bertz CT molecular complexity index is 504. The summed E-state index contributed by atoms with van der Waals surface area (Å²) < 4.78 is 5.67. The number of rotatable bonds is 7. The maximum atomic E-state index is 11.0. The fourth-order valence-electron chi connectivity index (χ4n) is 1.74. The van der Waals surface area contributed by atoms with Gasteiger partial charge >= 0.3 is 0 Å². The van der Waals surface area contributed by atoms with Crippen LogP contribution in [0, 0.1) is 5.92 Å². The fraction of sp³-hybridized carbons (Fsp3) is 0.500. The molecular weight excluding hydrogens is 299 g/mol. The summed E-state index contributed by atoms with van der Waals surface area (Å²) in [5.74, 6) is -0.198. The van der Waals surface area contributed by atoms with Crippen molar-refractivity contribution in [3.8, 4) is 5.75 Å². The Hall–Kier alpha value is -0.970. The molecule has 1 atom stereocenters. The third kappa shape index (κ3) is 4.27. The fourth-order valence-corrected chi connectivity index (χ4v) is 2.33. The number of benzene rings is 1. The molecule has 1 fully saturated rings. The van der Waals surface area contributed by atoms with Gasteiger partial charge in [-0.25, -0.2) is 0 Å². The van der Waals surface area contributed by atoms with E-state index >= 15 is 0 Å². The van der Waals surface area contributed by atoms with E-state index in [0.717, 1.165) is 5.56 Å². The van der Waals surface area contributed by atoms with Gasteiger partial charge in [0, 0.05) is 23.2 Å². The lowest BCUT2D eigenvalue weighted by Crippen LogP contribution is -2.26. The summed E-state index contributed by atoms with van der Waals surface area (Å²) in [6, 6.07) is 4.03.